The van der Waals surface area contributed by atoms with Crippen molar-refractivity contribution in [2.75, 3.05) is 0 Å². The van der Waals surface area contributed by atoms with Gasteiger partial charge in [-0.3, -0.25) is 4.79 Å². The maximum Gasteiger partial charge on any atom is 0.152 e. The van der Waals surface area contributed by atoms with Crippen LogP contribution in [0.4, 0.5) is 0 Å². The minimum absolute atomic E-state index is 0.720. The van der Waals surface area contributed by atoms with Gasteiger partial charge in [0.25, 0.3) is 0 Å². The first-order valence-corrected chi connectivity index (χ1v) is 5.08. The summed E-state index contributed by atoms with van der Waals surface area (Å²) in [4.78, 5) is 13.7. The van der Waals surface area contributed by atoms with Crippen LogP contribution < -0.4 is 0 Å². The van der Waals surface area contributed by atoms with Gasteiger partial charge in [-0.1, -0.05) is 22.0 Å². The standard InChI is InChI=1S/C10H8BrNO/c11-4-7-1-2-10-9(3-7)8(6-13)5-12-10/h1-3,5-6,12H,4H2. The summed E-state index contributed by atoms with van der Waals surface area (Å²) in [6.07, 6.45) is 2.60. The van der Waals surface area contributed by atoms with Crippen molar-refractivity contribution in [1.29, 1.82) is 0 Å². The van der Waals surface area contributed by atoms with Crippen LogP contribution in [0.2, 0.25) is 0 Å². The number of carbonyl (C=O) groups excluding carboxylic acids is 1. The van der Waals surface area contributed by atoms with Gasteiger partial charge in [-0.05, 0) is 17.7 Å². The number of aromatic amines is 1. The van der Waals surface area contributed by atoms with Gasteiger partial charge >= 0.3 is 0 Å². The molecule has 13 heavy (non-hydrogen) atoms. The molecule has 1 N–H and O–H groups in total. The van der Waals surface area contributed by atoms with Gasteiger partial charge in [0, 0.05) is 28.0 Å². The van der Waals surface area contributed by atoms with Gasteiger partial charge in [0.2, 0.25) is 0 Å². The number of aldehydes is 1. The topological polar surface area (TPSA) is 32.9 Å². The highest BCUT2D eigenvalue weighted by Crippen LogP contribution is 2.19. The molecule has 0 unspecified atom stereocenters. The monoisotopic (exact) mass is 237 g/mol. The van der Waals surface area contributed by atoms with E-state index in [-0.39, 0.29) is 0 Å². The summed E-state index contributed by atoms with van der Waals surface area (Å²) in [5.41, 5.74) is 2.90. The minimum atomic E-state index is 0.720. The number of carbonyl (C=O) groups is 1. The molecular formula is C10H8BrNO. The van der Waals surface area contributed by atoms with Crippen molar-refractivity contribution in [3.63, 3.8) is 0 Å². The molecule has 2 nitrogen and oxygen atoms in total. The van der Waals surface area contributed by atoms with Crippen LogP contribution in [0.5, 0.6) is 0 Å². The lowest BCUT2D eigenvalue weighted by atomic mass is 10.1. The number of hydrogen-bond donors (Lipinski definition) is 1. The highest BCUT2D eigenvalue weighted by atomic mass is 79.9. The van der Waals surface area contributed by atoms with Crippen LogP contribution in [0.15, 0.2) is 24.4 Å². The quantitative estimate of drug-likeness (QED) is 0.633. The molecular weight excluding hydrogens is 230 g/mol. The third-order valence-electron chi connectivity index (χ3n) is 2.06. The van der Waals surface area contributed by atoms with Gasteiger partial charge in [-0.15, -0.1) is 0 Å². The van der Waals surface area contributed by atoms with Crippen molar-refractivity contribution in [2.45, 2.75) is 5.33 Å². The van der Waals surface area contributed by atoms with Gasteiger partial charge in [0.15, 0.2) is 6.29 Å². The zero-order chi connectivity index (χ0) is 9.26. The number of fused-ring (bicyclic) bond motifs is 1. The Bertz CT molecular complexity index is 447. The lowest BCUT2D eigenvalue weighted by Crippen LogP contribution is -1.79. The highest BCUT2D eigenvalue weighted by molar-refractivity contribution is 9.08. The Morgan fingerprint density at radius 1 is 1.46 bits per heavy atom. The van der Waals surface area contributed by atoms with Gasteiger partial charge in [-0.2, -0.15) is 0 Å². The van der Waals surface area contributed by atoms with E-state index in [0.717, 1.165) is 28.1 Å². The fraction of sp³-hybridized carbons (Fsp3) is 0.100. The molecule has 1 aromatic heterocycles. The van der Waals surface area contributed by atoms with E-state index >= 15 is 0 Å². The number of hydrogen-bond acceptors (Lipinski definition) is 1. The molecule has 0 saturated carbocycles. The molecule has 0 radical (unpaired) electrons. The Kier molecular flexibility index (Phi) is 2.19. The van der Waals surface area contributed by atoms with E-state index < -0.39 is 0 Å². The Balaban J connectivity index is 2.71. The van der Waals surface area contributed by atoms with Crippen molar-refractivity contribution < 1.29 is 4.79 Å². The smallest absolute Gasteiger partial charge is 0.152 e. The molecule has 0 aliphatic heterocycles. The van der Waals surface area contributed by atoms with E-state index in [1.54, 1.807) is 6.20 Å². The second kappa shape index (κ2) is 3.34. The summed E-state index contributed by atoms with van der Waals surface area (Å²) in [5.74, 6) is 0. The zero-order valence-corrected chi connectivity index (χ0v) is 8.47. The van der Waals surface area contributed by atoms with E-state index in [9.17, 15) is 4.79 Å². The molecule has 0 saturated heterocycles. The van der Waals surface area contributed by atoms with Gasteiger partial charge < -0.3 is 4.98 Å². The third kappa shape index (κ3) is 1.40. The Labute approximate surface area is 84.1 Å². The molecule has 66 valence electrons. The summed E-state index contributed by atoms with van der Waals surface area (Å²) in [5, 5.41) is 1.80. The summed E-state index contributed by atoms with van der Waals surface area (Å²) in [6, 6.07) is 6.03. The molecule has 0 atom stereocenters. The van der Waals surface area contributed by atoms with Crippen LogP contribution in [0.1, 0.15) is 15.9 Å². The lowest BCUT2D eigenvalue weighted by Gasteiger charge is -1.95. The van der Waals surface area contributed by atoms with Crippen molar-refractivity contribution >= 4 is 33.1 Å². The molecule has 2 aromatic rings. The number of rotatable bonds is 2. The van der Waals surface area contributed by atoms with Crippen LogP contribution in [0.3, 0.4) is 0 Å². The third-order valence-corrected chi connectivity index (χ3v) is 2.71. The Morgan fingerprint density at radius 3 is 3.00 bits per heavy atom. The number of aromatic nitrogens is 1. The minimum Gasteiger partial charge on any atom is -0.360 e. The molecule has 1 aromatic carbocycles. The normalized spacial score (nSPS) is 10.5. The number of alkyl halides is 1. The molecule has 0 aliphatic carbocycles. The van der Waals surface area contributed by atoms with Crippen LogP contribution in [-0.2, 0) is 5.33 Å². The maximum absolute atomic E-state index is 10.6. The molecule has 3 heteroatoms. The molecule has 0 aliphatic rings. The second-order valence-corrected chi connectivity index (χ2v) is 3.44. The Hall–Kier alpha value is -1.09. The van der Waals surface area contributed by atoms with Crippen LogP contribution in [0, 0.1) is 0 Å². The summed E-state index contributed by atoms with van der Waals surface area (Å²) < 4.78 is 0. The van der Waals surface area contributed by atoms with Crippen molar-refractivity contribution in [2.24, 2.45) is 0 Å². The first kappa shape index (κ1) is 8.51. The van der Waals surface area contributed by atoms with Gasteiger partial charge in [0.1, 0.15) is 0 Å². The zero-order valence-electron chi connectivity index (χ0n) is 6.88. The van der Waals surface area contributed by atoms with Gasteiger partial charge in [0.05, 0.1) is 0 Å². The average molecular weight is 238 g/mol. The molecule has 2 rings (SSSR count). The molecule has 0 spiro atoms. The van der Waals surface area contributed by atoms with E-state index in [2.05, 4.69) is 20.9 Å². The van der Waals surface area contributed by atoms with Crippen molar-refractivity contribution in [3.05, 3.63) is 35.5 Å². The Morgan fingerprint density at radius 2 is 2.31 bits per heavy atom. The fourth-order valence-electron chi connectivity index (χ4n) is 1.37. The molecule has 0 fully saturated rings. The van der Waals surface area contributed by atoms with E-state index in [0.29, 0.717) is 0 Å². The first-order valence-electron chi connectivity index (χ1n) is 3.96. The van der Waals surface area contributed by atoms with Crippen molar-refractivity contribution in [3.8, 4) is 0 Å². The number of halogens is 1. The summed E-state index contributed by atoms with van der Waals surface area (Å²) in [7, 11) is 0. The van der Waals surface area contributed by atoms with Crippen LogP contribution in [-0.4, -0.2) is 11.3 Å². The van der Waals surface area contributed by atoms with Crippen LogP contribution >= 0.6 is 15.9 Å². The van der Waals surface area contributed by atoms with E-state index in [1.807, 2.05) is 18.2 Å². The van der Waals surface area contributed by atoms with Crippen LogP contribution in [0.25, 0.3) is 10.9 Å². The predicted octanol–water partition coefficient (Wildman–Crippen LogP) is 2.88. The largest absolute Gasteiger partial charge is 0.360 e. The number of benzene rings is 1. The summed E-state index contributed by atoms with van der Waals surface area (Å²) >= 11 is 3.38. The lowest BCUT2D eigenvalue weighted by molar-refractivity contribution is 0.112. The highest BCUT2D eigenvalue weighted by Gasteiger charge is 2.02. The van der Waals surface area contributed by atoms with E-state index in [1.165, 1.54) is 5.56 Å². The molecule has 0 bridgehead atoms. The average Bonchev–Trinajstić information content (AvgIpc) is 2.59. The second-order valence-electron chi connectivity index (χ2n) is 2.88. The van der Waals surface area contributed by atoms with E-state index in [4.69, 9.17) is 0 Å². The molecule has 1 heterocycles. The fourth-order valence-corrected chi connectivity index (χ4v) is 1.72. The number of nitrogens with one attached hydrogen (secondary N) is 1. The number of H-pyrrole nitrogens is 1. The predicted molar refractivity (Wildman–Crippen MR) is 56.3 cm³/mol. The SMILES string of the molecule is O=Cc1c[nH]c2ccc(CBr)cc12. The van der Waals surface area contributed by atoms with Crippen molar-refractivity contribution in [1.82, 2.24) is 4.98 Å². The van der Waals surface area contributed by atoms with Gasteiger partial charge in [-0.25, -0.2) is 0 Å². The molecule has 0 amide bonds. The first-order chi connectivity index (χ1) is 6.35. The maximum atomic E-state index is 10.6. The summed E-state index contributed by atoms with van der Waals surface area (Å²) in [6.45, 7) is 0.